The third-order valence-corrected chi connectivity index (χ3v) is 6.15. The highest BCUT2D eigenvalue weighted by atomic mass is 16.6. The minimum absolute atomic E-state index is 0.0625. The normalized spacial score (nSPS) is 18.8. The van der Waals surface area contributed by atoms with Crippen LogP contribution in [-0.2, 0) is 16.1 Å². The van der Waals surface area contributed by atoms with Gasteiger partial charge in [-0.3, -0.25) is 9.48 Å². The molecule has 0 aliphatic carbocycles. The zero-order valence-electron chi connectivity index (χ0n) is 19.8. The summed E-state index contributed by atoms with van der Waals surface area (Å²) in [5.74, 6) is 1.15. The summed E-state index contributed by atoms with van der Waals surface area (Å²) in [5, 5.41) is 10.7. The van der Waals surface area contributed by atoms with Crippen LogP contribution < -0.4 is 15.5 Å². The van der Waals surface area contributed by atoms with E-state index in [1.165, 1.54) is 0 Å². The van der Waals surface area contributed by atoms with E-state index in [1.807, 2.05) is 56.7 Å². The molecule has 0 spiro atoms. The molecule has 1 saturated heterocycles. The lowest BCUT2D eigenvalue weighted by molar-refractivity contribution is -0.117. The van der Waals surface area contributed by atoms with Crippen molar-refractivity contribution in [3.8, 4) is 0 Å². The Bertz CT molecular complexity index is 1030. The second kappa shape index (κ2) is 9.24. The van der Waals surface area contributed by atoms with Crippen LogP contribution in [0.3, 0.4) is 0 Å². The molecule has 178 valence electrons. The van der Waals surface area contributed by atoms with E-state index in [0.717, 1.165) is 18.4 Å². The number of carbonyl (C=O) groups excluding carboxylic acids is 2. The van der Waals surface area contributed by atoms with E-state index in [2.05, 4.69) is 25.7 Å². The van der Waals surface area contributed by atoms with E-state index in [9.17, 15) is 9.59 Å². The molecule has 2 amide bonds. The summed E-state index contributed by atoms with van der Waals surface area (Å²) in [6, 6.07) is -0.0423. The molecule has 2 aromatic heterocycles. The molecule has 2 aliphatic rings. The molecule has 0 bridgehead atoms. The first-order valence-electron chi connectivity index (χ1n) is 11.4. The van der Waals surface area contributed by atoms with E-state index < -0.39 is 0 Å². The fourth-order valence-electron chi connectivity index (χ4n) is 4.06. The number of aryl methyl sites for hydroxylation is 1. The minimum atomic E-state index is -0.295. The Balaban J connectivity index is 1.35. The Morgan fingerprint density at radius 2 is 2.03 bits per heavy atom. The lowest BCUT2D eigenvalue weighted by Crippen LogP contribution is -2.44. The van der Waals surface area contributed by atoms with Gasteiger partial charge in [-0.1, -0.05) is 0 Å². The number of nitrogens with zero attached hydrogens (tertiary/aromatic N) is 6. The van der Waals surface area contributed by atoms with Crippen LogP contribution in [0.25, 0.3) is 0 Å². The highest BCUT2D eigenvalue weighted by Crippen LogP contribution is 2.32. The predicted molar refractivity (Wildman–Crippen MR) is 124 cm³/mol. The number of anilines is 3. The van der Waals surface area contributed by atoms with Crippen LogP contribution in [0, 0.1) is 6.92 Å². The molecular weight excluding hydrogens is 424 g/mol. The van der Waals surface area contributed by atoms with Gasteiger partial charge in [-0.25, -0.2) is 9.78 Å². The third-order valence-electron chi connectivity index (χ3n) is 6.15. The summed E-state index contributed by atoms with van der Waals surface area (Å²) >= 11 is 0. The van der Waals surface area contributed by atoms with E-state index in [4.69, 9.17) is 4.74 Å². The monoisotopic (exact) mass is 456 g/mol. The molecular formula is C22H32N8O3. The number of hydrogen-bond donors (Lipinski definition) is 2. The van der Waals surface area contributed by atoms with Gasteiger partial charge in [-0.15, -0.1) is 0 Å². The maximum atomic E-state index is 12.1. The summed E-state index contributed by atoms with van der Waals surface area (Å²) in [5.41, 5.74) is 2.39. The van der Waals surface area contributed by atoms with Gasteiger partial charge in [-0.2, -0.15) is 10.1 Å². The number of carbonyl (C=O) groups is 2. The van der Waals surface area contributed by atoms with Gasteiger partial charge in [0.15, 0.2) is 5.82 Å². The van der Waals surface area contributed by atoms with E-state index in [-0.39, 0.29) is 30.2 Å². The molecule has 1 atom stereocenters. The Kier molecular flexibility index (Phi) is 6.39. The summed E-state index contributed by atoms with van der Waals surface area (Å²) in [6.45, 7) is 9.27. The van der Waals surface area contributed by atoms with Gasteiger partial charge in [0.1, 0.15) is 11.7 Å². The van der Waals surface area contributed by atoms with Crippen LogP contribution in [0.5, 0.6) is 0 Å². The third kappa shape index (κ3) is 4.86. The largest absolute Gasteiger partial charge is 0.447 e. The highest BCUT2D eigenvalue weighted by Gasteiger charge is 2.30. The maximum absolute atomic E-state index is 12.1. The Morgan fingerprint density at radius 1 is 1.30 bits per heavy atom. The second-order valence-electron chi connectivity index (χ2n) is 8.94. The van der Waals surface area contributed by atoms with Crippen molar-refractivity contribution < 1.29 is 14.3 Å². The Morgan fingerprint density at radius 3 is 2.73 bits per heavy atom. The molecule has 2 aromatic rings. The maximum Gasteiger partial charge on any atom is 0.410 e. The predicted octanol–water partition coefficient (Wildman–Crippen LogP) is 2.55. The van der Waals surface area contributed by atoms with Crippen molar-refractivity contribution in [2.75, 3.05) is 35.7 Å². The molecule has 2 N–H and O–H groups in total. The highest BCUT2D eigenvalue weighted by molar-refractivity contribution is 6.03. The number of nitrogens with one attached hydrogen (secondary N) is 2. The Labute approximate surface area is 193 Å². The van der Waals surface area contributed by atoms with Crippen LogP contribution in [-0.4, -0.2) is 68.9 Å². The number of piperidine rings is 1. The van der Waals surface area contributed by atoms with Crippen molar-refractivity contribution >= 4 is 29.5 Å². The molecule has 11 heteroatoms. The topological polar surface area (TPSA) is 118 Å². The van der Waals surface area contributed by atoms with Gasteiger partial charge in [-0.05, 0) is 40.5 Å². The Hall–Kier alpha value is -3.37. The van der Waals surface area contributed by atoms with Crippen LogP contribution in [0.2, 0.25) is 0 Å². The van der Waals surface area contributed by atoms with Crippen molar-refractivity contribution in [2.24, 2.45) is 0 Å². The van der Waals surface area contributed by atoms with Crippen molar-refractivity contribution in [2.45, 2.75) is 65.3 Å². The summed E-state index contributed by atoms with van der Waals surface area (Å²) < 4.78 is 7.27. The van der Waals surface area contributed by atoms with Gasteiger partial charge < -0.3 is 25.2 Å². The number of fused-ring (bicyclic) bond motifs is 1. The summed E-state index contributed by atoms with van der Waals surface area (Å²) in [4.78, 5) is 36.9. The second-order valence-corrected chi connectivity index (χ2v) is 8.94. The van der Waals surface area contributed by atoms with E-state index in [0.29, 0.717) is 42.8 Å². The molecule has 0 radical (unpaired) electrons. The molecule has 0 saturated carbocycles. The van der Waals surface area contributed by atoms with Crippen LogP contribution in [0.15, 0.2) is 12.4 Å². The van der Waals surface area contributed by atoms with Crippen molar-refractivity contribution in [3.05, 3.63) is 23.7 Å². The molecule has 1 fully saturated rings. The molecule has 0 aromatic carbocycles. The van der Waals surface area contributed by atoms with Crippen molar-refractivity contribution in [1.29, 1.82) is 0 Å². The molecule has 11 nitrogen and oxygen atoms in total. The van der Waals surface area contributed by atoms with Gasteiger partial charge in [0, 0.05) is 38.4 Å². The number of amides is 2. The number of aromatic nitrogens is 4. The molecule has 4 heterocycles. The first-order valence-corrected chi connectivity index (χ1v) is 11.4. The molecule has 33 heavy (non-hydrogen) atoms. The number of rotatable bonds is 5. The SMILES string of the molecule is Cc1nc(NCc2cnn(C3CCN(C(=O)OC(C)C)CC3)c2)nc2c1NC(=O)[C@H](C)N2C. The quantitative estimate of drug-likeness (QED) is 0.705. The van der Waals surface area contributed by atoms with E-state index >= 15 is 0 Å². The zero-order valence-corrected chi connectivity index (χ0v) is 19.8. The van der Waals surface area contributed by atoms with Crippen molar-refractivity contribution in [1.82, 2.24) is 24.6 Å². The smallest absolute Gasteiger partial charge is 0.410 e. The summed E-state index contributed by atoms with van der Waals surface area (Å²) in [7, 11) is 1.86. The molecule has 2 aliphatic heterocycles. The first kappa shape index (κ1) is 22.8. The summed E-state index contributed by atoms with van der Waals surface area (Å²) in [6.07, 6.45) is 5.19. The number of hydrogen-bond acceptors (Lipinski definition) is 8. The fourth-order valence-corrected chi connectivity index (χ4v) is 4.06. The fraction of sp³-hybridized carbons (Fsp3) is 0.591. The number of ether oxygens (including phenoxy) is 1. The van der Waals surface area contributed by atoms with Gasteiger partial charge >= 0.3 is 6.09 Å². The van der Waals surface area contributed by atoms with Crippen LogP contribution in [0.4, 0.5) is 22.2 Å². The molecule has 4 rings (SSSR count). The van der Waals surface area contributed by atoms with E-state index in [1.54, 1.807) is 4.90 Å². The first-order chi connectivity index (χ1) is 15.7. The van der Waals surface area contributed by atoms with Gasteiger partial charge in [0.25, 0.3) is 0 Å². The lowest BCUT2D eigenvalue weighted by Gasteiger charge is -2.32. The van der Waals surface area contributed by atoms with Gasteiger partial charge in [0.05, 0.1) is 24.0 Å². The standard InChI is InChI=1S/C22H32N8O3/c1-13(2)33-22(32)29-8-6-17(7-9-29)30-12-16(11-24-30)10-23-21-25-14(3)18-19(27-21)28(5)15(4)20(31)26-18/h11-13,15,17H,6-10H2,1-5H3,(H,26,31)(H,23,25,27)/t15-/m0/s1. The van der Waals surface area contributed by atoms with Crippen LogP contribution >= 0.6 is 0 Å². The van der Waals surface area contributed by atoms with Crippen LogP contribution in [0.1, 0.15) is 50.9 Å². The molecule has 0 unspecified atom stereocenters. The van der Waals surface area contributed by atoms with Gasteiger partial charge in [0.2, 0.25) is 11.9 Å². The minimum Gasteiger partial charge on any atom is -0.447 e. The number of likely N-dealkylation sites (N-methyl/N-ethyl adjacent to an activating group) is 1. The zero-order chi connectivity index (χ0) is 23.7. The average molecular weight is 457 g/mol. The average Bonchev–Trinajstić information content (AvgIpc) is 3.26. The lowest BCUT2D eigenvalue weighted by atomic mass is 10.1. The number of likely N-dealkylation sites (tertiary alicyclic amines) is 1. The van der Waals surface area contributed by atoms with Crippen molar-refractivity contribution in [3.63, 3.8) is 0 Å².